The van der Waals surface area contributed by atoms with Gasteiger partial charge in [-0.25, -0.2) is 0 Å². The lowest BCUT2D eigenvalue weighted by Crippen LogP contribution is -2.04. The third-order valence-electron chi connectivity index (χ3n) is 8.23. The predicted molar refractivity (Wildman–Crippen MR) is 161 cm³/mol. The molecule has 40 heavy (non-hydrogen) atoms. The number of halogens is 3. The van der Waals surface area contributed by atoms with Gasteiger partial charge in [-0.15, -0.1) is 0 Å². The highest BCUT2D eigenvalue weighted by atomic mass is 19.4. The first-order valence-electron chi connectivity index (χ1n) is 13.3. The number of alkyl halides is 3. The second-order valence-electron chi connectivity index (χ2n) is 10.4. The van der Waals surface area contributed by atoms with E-state index >= 15 is 0 Å². The van der Waals surface area contributed by atoms with Crippen molar-refractivity contribution < 1.29 is 13.2 Å². The van der Waals surface area contributed by atoms with E-state index in [-0.39, 0.29) is 0 Å². The summed E-state index contributed by atoms with van der Waals surface area (Å²) >= 11 is 0. The minimum absolute atomic E-state index is 0.638. The molecule has 0 spiro atoms. The Balaban J connectivity index is 1.45. The second-order valence-corrected chi connectivity index (χ2v) is 10.4. The van der Waals surface area contributed by atoms with Gasteiger partial charge in [0.2, 0.25) is 0 Å². The van der Waals surface area contributed by atoms with E-state index in [4.69, 9.17) is 0 Å². The highest BCUT2D eigenvalue weighted by Gasteiger charge is 2.30. The fourth-order valence-electron chi connectivity index (χ4n) is 6.41. The first-order valence-corrected chi connectivity index (χ1v) is 13.3. The van der Waals surface area contributed by atoms with Crippen LogP contribution in [0.5, 0.6) is 0 Å². The largest absolute Gasteiger partial charge is 0.416 e. The molecule has 0 aliphatic heterocycles. The quantitative estimate of drug-likeness (QED) is 0.156. The molecule has 8 rings (SSSR count). The van der Waals surface area contributed by atoms with Crippen LogP contribution in [-0.4, -0.2) is 0 Å². The molecule has 0 heterocycles. The lowest BCUT2D eigenvalue weighted by Gasteiger charge is -2.18. The summed E-state index contributed by atoms with van der Waals surface area (Å²) in [5.74, 6) is 0. The van der Waals surface area contributed by atoms with Crippen LogP contribution in [0.15, 0.2) is 127 Å². The van der Waals surface area contributed by atoms with Crippen molar-refractivity contribution in [1.29, 1.82) is 0 Å². The number of hydrogen-bond acceptors (Lipinski definition) is 0. The minimum Gasteiger partial charge on any atom is -0.166 e. The summed E-state index contributed by atoms with van der Waals surface area (Å²) < 4.78 is 39.7. The van der Waals surface area contributed by atoms with Crippen LogP contribution in [0.25, 0.3) is 76.1 Å². The Morgan fingerprint density at radius 2 is 0.900 bits per heavy atom. The number of rotatable bonds is 2. The molecule has 0 saturated carbocycles. The zero-order valence-electron chi connectivity index (χ0n) is 21.3. The van der Waals surface area contributed by atoms with Crippen LogP contribution in [0.1, 0.15) is 5.56 Å². The summed E-state index contributed by atoms with van der Waals surface area (Å²) in [5, 5.41) is 11.6. The van der Waals surface area contributed by atoms with E-state index in [0.717, 1.165) is 44.8 Å². The molecule has 0 amide bonds. The Labute approximate surface area is 228 Å². The maximum absolute atomic E-state index is 13.2. The Bertz CT molecular complexity index is 2180. The van der Waals surface area contributed by atoms with Crippen LogP contribution in [0.3, 0.4) is 0 Å². The van der Waals surface area contributed by atoms with Crippen molar-refractivity contribution >= 4 is 53.9 Å². The zero-order valence-corrected chi connectivity index (χ0v) is 21.3. The second kappa shape index (κ2) is 8.30. The lowest BCUT2D eigenvalue weighted by atomic mass is 9.85. The first-order chi connectivity index (χ1) is 19.5. The van der Waals surface area contributed by atoms with Gasteiger partial charge in [0.15, 0.2) is 0 Å². The van der Waals surface area contributed by atoms with Gasteiger partial charge < -0.3 is 0 Å². The van der Waals surface area contributed by atoms with Crippen LogP contribution >= 0.6 is 0 Å². The molecule has 0 saturated heterocycles. The molecule has 8 aromatic rings. The molecule has 0 atom stereocenters. The highest BCUT2D eigenvalue weighted by molar-refractivity contribution is 6.29. The molecule has 0 aliphatic carbocycles. The van der Waals surface area contributed by atoms with Gasteiger partial charge in [0.1, 0.15) is 0 Å². The molecule has 0 aromatic heterocycles. The summed E-state index contributed by atoms with van der Waals surface area (Å²) in [6.45, 7) is 0. The van der Waals surface area contributed by atoms with E-state index in [1.165, 1.54) is 43.4 Å². The molecule has 3 heteroatoms. The van der Waals surface area contributed by atoms with E-state index in [2.05, 4.69) is 97.1 Å². The molecular weight excluding hydrogens is 501 g/mol. The molecule has 0 radical (unpaired) electrons. The topological polar surface area (TPSA) is 0 Å². The Morgan fingerprint density at radius 3 is 1.48 bits per heavy atom. The SMILES string of the molecule is FC(F)(F)c1ccc(-c2ccc3ccc4c(-c5c6ccccc6cc6ccccc56)ccc5ccc2c3c54)cc1. The van der Waals surface area contributed by atoms with Gasteiger partial charge >= 0.3 is 6.18 Å². The van der Waals surface area contributed by atoms with Gasteiger partial charge in [0.05, 0.1) is 5.56 Å². The van der Waals surface area contributed by atoms with Crippen molar-refractivity contribution in [1.82, 2.24) is 0 Å². The smallest absolute Gasteiger partial charge is 0.166 e. The van der Waals surface area contributed by atoms with Crippen LogP contribution in [-0.2, 0) is 6.18 Å². The summed E-state index contributed by atoms with van der Waals surface area (Å²) in [7, 11) is 0. The van der Waals surface area contributed by atoms with Crippen molar-refractivity contribution in [2.45, 2.75) is 6.18 Å². The number of fused-ring (bicyclic) bond motifs is 2. The van der Waals surface area contributed by atoms with E-state index < -0.39 is 11.7 Å². The monoisotopic (exact) mass is 522 g/mol. The Kier molecular flexibility index (Phi) is 4.78. The van der Waals surface area contributed by atoms with Gasteiger partial charge in [-0.2, -0.15) is 13.2 Å². The first kappa shape index (κ1) is 23.0. The van der Waals surface area contributed by atoms with Crippen LogP contribution < -0.4 is 0 Å². The fraction of sp³-hybridized carbons (Fsp3) is 0.0270. The Morgan fingerprint density at radius 1 is 0.400 bits per heavy atom. The van der Waals surface area contributed by atoms with E-state index in [0.29, 0.717) is 0 Å². The molecule has 0 aliphatic rings. The molecule has 0 N–H and O–H groups in total. The van der Waals surface area contributed by atoms with Gasteiger partial charge in [0, 0.05) is 0 Å². The maximum Gasteiger partial charge on any atom is 0.416 e. The van der Waals surface area contributed by atoms with Crippen LogP contribution in [0.2, 0.25) is 0 Å². The molecular formula is C37H21F3. The summed E-state index contributed by atoms with van der Waals surface area (Å²) in [6, 6.07) is 41.9. The van der Waals surface area contributed by atoms with Gasteiger partial charge in [0.25, 0.3) is 0 Å². The molecule has 0 unspecified atom stereocenters. The third kappa shape index (κ3) is 3.34. The van der Waals surface area contributed by atoms with Gasteiger partial charge in [-0.05, 0) is 94.3 Å². The number of benzene rings is 8. The summed E-state index contributed by atoms with van der Waals surface area (Å²) in [6.07, 6.45) is -4.36. The summed E-state index contributed by atoms with van der Waals surface area (Å²) in [5.41, 5.74) is 3.45. The van der Waals surface area contributed by atoms with Gasteiger partial charge in [-0.1, -0.05) is 109 Å². The normalized spacial score (nSPS) is 12.4. The lowest BCUT2D eigenvalue weighted by molar-refractivity contribution is -0.137. The fourth-order valence-corrected chi connectivity index (χ4v) is 6.41. The molecule has 0 bridgehead atoms. The molecule has 190 valence electrons. The molecule has 0 fully saturated rings. The maximum atomic E-state index is 13.2. The Hall–Kier alpha value is -4.89. The van der Waals surface area contributed by atoms with Crippen LogP contribution in [0, 0.1) is 0 Å². The molecule has 8 aromatic carbocycles. The van der Waals surface area contributed by atoms with E-state index in [1.54, 1.807) is 12.1 Å². The standard InChI is InChI=1S/C37H21F3/c38-37(39,40)27-15-9-22(10-16-27)28-17-11-23-13-19-32-33(20-14-24-12-18-31(28)34(23)35(24)32)36-29-7-3-1-5-25(29)21-26-6-2-4-8-30(26)36/h1-21H. The predicted octanol–water partition coefficient (Wildman–Crippen LogP) is 11.2. The minimum atomic E-state index is -4.36. The van der Waals surface area contributed by atoms with Crippen LogP contribution in [0.4, 0.5) is 13.2 Å². The van der Waals surface area contributed by atoms with Crippen molar-refractivity contribution in [3.63, 3.8) is 0 Å². The summed E-state index contributed by atoms with van der Waals surface area (Å²) in [4.78, 5) is 0. The molecule has 0 nitrogen and oxygen atoms in total. The zero-order chi connectivity index (χ0) is 27.0. The van der Waals surface area contributed by atoms with Crippen molar-refractivity contribution in [3.8, 4) is 22.3 Å². The van der Waals surface area contributed by atoms with Crippen molar-refractivity contribution in [2.75, 3.05) is 0 Å². The average molecular weight is 523 g/mol. The average Bonchev–Trinajstić information content (AvgIpc) is 2.98. The van der Waals surface area contributed by atoms with E-state index in [9.17, 15) is 13.2 Å². The number of hydrogen-bond donors (Lipinski definition) is 0. The van der Waals surface area contributed by atoms with Crippen molar-refractivity contribution in [3.05, 3.63) is 133 Å². The van der Waals surface area contributed by atoms with Gasteiger partial charge in [-0.3, -0.25) is 0 Å². The highest BCUT2D eigenvalue weighted by Crippen LogP contribution is 2.45. The van der Waals surface area contributed by atoms with E-state index in [1.807, 2.05) is 6.07 Å². The third-order valence-corrected chi connectivity index (χ3v) is 8.23. The van der Waals surface area contributed by atoms with Crippen molar-refractivity contribution in [2.24, 2.45) is 0 Å².